The second-order valence-corrected chi connectivity index (χ2v) is 7.14. The van der Waals surface area contributed by atoms with E-state index >= 15 is 0 Å². The van der Waals surface area contributed by atoms with Crippen molar-refractivity contribution < 1.29 is 0 Å². The molecule has 0 aromatic heterocycles. The van der Waals surface area contributed by atoms with E-state index in [-0.39, 0.29) is 0 Å². The van der Waals surface area contributed by atoms with Crippen molar-refractivity contribution in [2.45, 2.75) is 45.4 Å². The first kappa shape index (κ1) is 10.2. The van der Waals surface area contributed by atoms with E-state index in [1.54, 1.807) is 5.56 Å². The van der Waals surface area contributed by atoms with Crippen molar-refractivity contribution in [3.05, 3.63) is 35.4 Å². The number of hydrogen-bond donors (Lipinski definition) is 0. The Morgan fingerprint density at radius 1 is 1.06 bits per heavy atom. The van der Waals surface area contributed by atoms with E-state index in [1.807, 2.05) is 0 Å². The first-order valence-electron chi connectivity index (χ1n) is 7.17. The summed E-state index contributed by atoms with van der Waals surface area (Å²) in [5.74, 6) is 3.06. The molecular weight excluding hydrogens is 204 g/mol. The van der Waals surface area contributed by atoms with Gasteiger partial charge in [0.1, 0.15) is 0 Å². The number of aryl methyl sites for hydroxylation is 1. The molecule has 4 atom stereocenters. The molecule has 0 heteroatoms. The van der Waals surface area contributed by atoms with Gasteiger partial charge in [-0.15, -0.1) is 0 Å². The second kappa shape index (κ2) is 2.79. The summed E-state index contributed by atoms with van der Waals surface area (Å²) in [4.78, 5) is 0. The van der Waals surface area contributed by atoms with Gasteiger partial charge < -0.3 is 0 Å². The molecule has 0 heterocycles. The monoisotopic (exact) mass is 226 g/mol. The van der Waals surface area contributed by atoms with Crippen LogP contribution in [0.15, 0.2) is 24.3 Å². The van der Waals surface area contributed by atoms with Gasteiger partial charge in [-0.2, -0.15) is 0 Å². The third kappa shape index (κ3) is 0.905. The quantitative estimate of drug-likeness (QED) is 0.669. The summed E-state index contributed by atoms with van der Waals surface area (Å²) in [6, 6.07) is 9.42. The molecule has 1 aromatic rings. The van der Waals surface area contributed by atoms with Crippen LogP contribution in [-0.4, -0.2) is 0 Å². The smallest absolute Gasteiger partial charge is 0.00745 e. The lowest BCUT2D eigenvalue weighted by Gasteiger charge is -2.41. The van der Waals surface area contributed by atoms with Gasteiger partial charge in [0.25, 0.3) is 0 Å². The Morgan fingerprint density at radius 3 is 2.47 bits per heavy atom. The summed E-state index contributed by atoms with van der Waals surface area (Å²) in [5.41, 5.74) is 4.17. The van der Waals surface area contributed by atoms with Crippen LogP contribution in [0.1, 0.15) is 44.2 Å². The molecule has 4 rings (SSSR count). The standard InChI is InChI=1S/C17H22/c1-11-7-9-12(10-8-11)17-14-6-4-5-13(14)15(17)16(17,2)3/h7-10,13-15H,4-6H2,1-3H3/t13-,14+,15?,17-/m0/s1. The first-order chi connectivity index (χ1) is 8.10. The van der Waals surface area contributed by atoms with Gasteiger partial charge in [-0.25, -0.2) is 0 Å². The second-order valence-electron chi connectivity index (χ2n) is 7.14. The topological polar surface area (TPSA) is 0 Å². The molecule has 3 aliphatic rings. The average Bonchev–Trinajstić information content (AvgIpc) is 2.56. The molecule has 1 unspecified atom stereocenters. The molecule has 3 aliphatic carbocycles. The number of benzene rings is 1. The third-order valence-corrected chi connectivity index (χ3v) is 6.36. The molecule has 0 N–H and O–H groups in total. The van der Waals surface area contributed by atoms with Crippen LogP contribution in [0.5, 0.6) is 0 Å². The molecule has 0 amide bonds. The molecule has 0 spiro atoms. The number of fused-ring (bicyclic) bond motifs is 4. The zero-order valence-electron chi connectivity index (χ0n) is 11.2. The van der Waals surface area contributed by atoms with E-state index in [0.717, 1.165) is 17.8 Å². The summed E-state index contributed by atoms with van der Waals surface area (Å²) in [6.07, 6.45) is 4.47. The highest BCUT2D eigenvalue weighted by Crippen LogP contribution is 2.87. The van der Waals surface area contributed by atoms with Crippen LogP contribution in [0.4, 0.5) is 0 Å². The van der Waals surface area contributed by atoms with Crippen molar-refractivity contribution in [1.29, 1.82) is 0 Å². The van der Waals surface area contributed by atoms with E-state index in [2.05, 4.69) is 45.0 Å². The fourth-order valence-corrected chi connectivity index (χ4v) is 5.85. The first-order valence-corrected chi connectivity index (χ1v) is 7.17. The summed E-state index contributed by atoms with van der Waals surface area (Å²) in [5, 5.41) is 0. The maximum atomic E-state index is 2.51. The number of rotatable bonds is 1. The van der Waals surface area contributed by atoms with Crippen LogP contribution in [-0.2, 0) is 5.41 Å². The van der Waals surface area contributed by atoms with Crippen LogP contribution in [0.3, 0.4) is 0 Å². The van der Waals surface area contributed by atoms with Crippen LogP contribution in [0, 0.1) is 30.1 Å². The van der Waals surface area contributed by atoms with E-state index in [1.165, 1.54) is 24.8 Å². The largest absolute Gasteiger partial charge is 0.0590 e. The predicted molar refractivity (Wildman–Crippen MR) is 71.0 cm³/mol. The molecular formula is C17H22. The summed E-state index contributed by atoms with van der Waals surface area (Å²) in [7, 11) is 0. The predicted octanol–water partition coefficient (Wildman–Crippen LogP) is 4.32. The SMILES string of the molecule is Cc1ccc([C@@]23C([C@H]4CCC[C@H]42)C3(C)C)cc1. The molecule has 3 saturated carbocycles. The van der Waals surface area contributed by atoms with Crippen LogP contribution in [0.2, 0.25) is 0 Å². The van der Waals surface area contributed by atoms with Gasteiger partial charge in [0.2, 0.25) is 0 Å². The minimum Gasteiger partial charge on any atom is -0.0590 e. The van der Waals surface area contributed by atoms with Gasteiger partial charge in [0, 0.05) is 5.41 Å². The Kier molecular flexibility index (Phi) is 1.67. The highest BCUT2D eigenvalue weighted by molar-refractivity contribution is 5.49. The highest BCUT2D eigenvalue weighted by Gasteiger charge is 2.85. The molecule has 1 aromatic carbocycles. The lowest BCUT2D eigenvalue weighted by Crippen LogP contribution is -2.38. The Hall–Kier alpha value is -0.780. The lowest BCUT2D eigenvalue weighted by atomic mass is 9.63. The van der Waals surface area contributed by atoms with Gasteiger partial charge in [-0.05, 0) is 48.5 Å². The molecule has 0 radical (unpaired) electrons. The maximum absolute atomic E-state index is 2.51. The fourth-order valence-electron chi connectivity index (χ4n) is 5.85. The molecule has 0 bridgehead atoms. The Balaban J connectivity index is 1.80. The molecule has 17 heavy (non-hydrogen) atoms. The Labute approximate surface area is 104 Å². The van der Waals surface area contributed by atoms with Crippen LogP contribution >= 0.6 is 0 Å². The highest BCUT2D eigenvalue weighted by atomic mass is 14.9. The summed E-state index contributed by atoms with van der Waals surface area (Å²) in [6.45, 7) is 7.21. The molecule has 0 nitrogen and oxygen atoms in total. The zero-order valence-corrected chi connectivity index (χ0v) is 11.2. The van der Waals surface area contributed by atoms with Crippen molar-refractivity contribution in [3.63, 3.8) is 0 Å². The van der Waals surface area contributed by atoms with Crippen molar-refractivity contribution in [2.75, 3.05) is 0 Å². The molecule has 90 valence electrons. The van der Waals surface area contributed by atoms with Crippen molar-refractivity contribution in [1.82, 2.24) is 0 Å². The van der Waals surface area contributed by atoms with Gasteiger partial charge in [-0.3, -0.25) is 0 Å². The summed E-state index contributed by atoms with van der Waals surface area (Å²) < 4.78 is 0. The minimum absolute atomic E-state index is 0.567. The van der Waals surface area contributed by atoms with Gasteiger partial charge in [0.05, 0.1) is 0 Å². The molecule has 0 saturated heterocycles. The van der Waals surface area contributed by atoms with E-state index in [4.69, 9.17) is 0 Å². The fraction of sp³-hybridized carbons (Fsp3) is 0.647. The summed E-state index contributed by atoms with van der Waals surface area (Å²) >= 11 is 0. The van der Waals surface area contributed by atoms with Gasteiger partial charge in [-0.1, -0.05) is 50.1 Å². The van der Waals surface area contributed by atoms with Crippen LogP contribution < -0.4 is 0 Å². The maximum Gasteiger partial charge on any atom is 0.00745 e. The van der Waals surface area contributed by atoms with Crippen molar-refractivity contribution in [3.8, 4) is 0 Å². The van der Waals surface area contributed by atoms with E-state index in [9.17, 15) is 0 Å². The Bertz CT molecular complexity index is 459. The van der Waals surface area contributed by atoms with Crippen LogP contribution in [0.25, 0.3) is 0 Å². The van der Waals surface area contributed by atoms with Gasteiger partial charge in [0.15, 0.2) is 0 Å². The Morgan fingerprint density at radius 2 is 1.76 bits per heavy atom. The minimum atomic E-state index is 0.567. The average molecular weight is 226 g/mol. The van der Waals surface area contributed by atoms with Crippen molar-refractivity contribution >= 4 is 0 Å². The number of hydrogen-bond acceptors (Lipinski definition) is 0. The van der Waals surface area contributed by atoms with Crippen molar-refractivity contribution in [2.24, 2.45) is 23.2 Å². The molecule has 0 aliphatic heterocycles. The molecule has 3 fully saturated rings. The van der Waals surface area contributed by atoms with E-state index in [0.29, 0.717) is 10.8 Å². The third-order valence-electron chi connectivity index (χ3n) is 6.36. The van der Waals surface area contributed by atoms with Gasteiger partial charge >= 0.3 is 0 Å². The zero-order chi connectivity index (χ0) is 11.8. The lowest BCUT2D eigenvalue weighted by molar-refractivity contribution is 0.155. The normalized spacial score (nSPS) is 44.8. The van der Waals surface area contributed by atoms with E-state index < -0.39 is 0 Å².